The number of carbonyl (C=O) groups is 1. The van der Waals surface area contributed by atoms with Gasteiger partial charge in [0.2, 0.25) is 0 Å². The lowest BCUT2D eigenvalue weighted by molar-refractivity contribution is -0.144. The topological polar surface area (TPSA) is 35.5 Å². The second kappa shape index (κ2) is 6.28. The monoisotopic (exact) mass is 236 g/mol. The first-order chi connectivity index (χ1) is 8.06. The Hall–Kier alpha value is -1.51. The fraction of sp³-hybridized carbons (Fsp3) is 0.500. The molecule has 0 saturated heterocycles. The van der Waals surface area contributed by atoms with Crippen LogP contribution >= 0.6 is 0 Å². The van der Waals surface area contributed by atoms with E-state index in [0.29, 0.717) is 6.61 Å². The van der Waals surface area contributed by atoms with Crippen molar-refractivity contribution in [1.29, 1.82) is 0 Å². The molecule has 3 nitrogen and oxygen atoms in total. The number of hydrogen-bond donors (Lipinski definition) is 0. The average Bonchev–Trinajstić information content (AvgIpc) is 2.28. The zero-order valence-corrected chi connectivity index (χ0v) is 10.9. The minimum absolute atomic E-state index is 0.0885. The van der Waals surface area contributed by atoms with Crippen molar-refractivity contribution in [3.05, 3.63) is 29.8 Å². The molecule has 94 valence electrons. The van der Waals surface area contributed by atoms with Gasteiger partial charge in [-0.25, -0.2) is 0 Å². The van der Waals surface area contributed by atoms with Crippen molar-refractivity contribution in [3.63, 3.8) is 0 Å². The van der Waals surface area contributed by atoms with Crippen LogP contribution in [0.1, 0.15) is 39.2 Å². The molecule has 0 heterocycles. The second-order valence-electron chi connectivity index (χ2n) is 4.18. The molecule has 1 atom stereocenters. The first kappa shape index (κ1) is 13.6. The lowest BCUT2D eigenvalue weighted by Gasteiger charge is -2.17. The van der Waals surface area contributed by atoms with Gasteiger partial charge in [0.15, 0.2) is 0 Å². The van der Waals surface area contributed by atoms with Gasteiger partial charge < -0.3 is 9.47 Å². The van der Waals surface area contributed by atoms with Crippen LogP contribution in [0.25, 0.3) is 0 Å². The van der Waals surface area contributed by atoms with Crippen molar-refractivity contribution in [1.82, 2.24) is 0 Å². The molecule has 0 aliphatic carbocycles. The quantitative estimate of drug-likeness (QED) is 0.737. The van der Waals surface area contributed by atoms with E-state index >= 15 is 0 Å². The highest BCUT2D eigenvalue weighted by molar-refractivity contribution is 5.78. The maximum Gasteiger partial charge on any atom is 0.313 e. The van der Waals surface area contributed by atoms with Crippen LogP contribution in [0.3, 0.4) is 0 Å². The van der Waals surface area contributed by atoms with E-state index in [9.17, 15) is 4.79 Å². The molecule has 1 rings (SSSR count). The number of carbonyl (C=O) groups excluding carboxylic acids is 1. The molecule has 0 aliphatic heterocycles. The molecule has 1 aromatic carbocycles. The van der Waals surface area contributed by atoms with E-state index < -0.39 is 0 Å². The summed E-state index contributed by atoms with van der Waals surface area (Å²) in [5, 5.41) is 0. The van der Waals surface area contributed by atoms with Crippen LogP contribution in [0.2, 0.25) is 0 Å². The van der Waals surface area contributed by atoms with E-state index in [4.69, 9.17) is 9.47 Å². The van der Waals surface area contributed by atoms with Crippen molar-refractivity contribution < 1.29 is 14.3 Å². The molecular formula is C14H20O3. The Bertz CT molecular complexity index is 371. The predicted molar refractivity (Wildman–Crippen MR) is 67.3 cm³/mol. The van der Waals surface area contributed by atoms with Crippen molar-refractivity contribution in [2.75, 3.05) is 6.61 Å². The molecule has 0 radical (unpaired) electrons. The van der Waals surface area contributed by atoms with Crippen LogP contribution < -0.4 is 4.74 Å². The number of rotatable bonds is 5. The number of esters is 1. The second-order valence-corrected chi connectivity index (χ2v) is 4.18. The molecule has 0 bridgehead atoms. The molecule has 0 aromatic heterocycles. The Morgan fingerprint density at radius 3 is 2.47 bits per heavy atom. The van der Waals surface area contributed by atoms with Gasteiger partial charge >= 0.3 is 5.97 Å². The third-order valence-electron chi connectivity index (χ3n) is 2.39. The summed E-state index contributed by atoms with van der Waals surface area (Å²) in [4.78, 5) is 11.7. The Balaban J connectivity index is 2.92. The standard InChI is InChI=1S/C14H20O3/c1-5-16-14(15)11(4)12-8-6-7-9-13(12)17-10(2)3/h6-11H,5H2,1-4H3. The molecule has 1 unspecified atom stereocenters. The lowest BCUT2D eigenvalue weighted by Crippen LogP contribution is -2.15. The lowest BCUT2D eigenvalue weighted by atomic mass is 10.0. The van der Waals surface area contributed by atoms with Gasteiger partial charge in [-0.3, -0.25) is 4.79 Å². The van der Waals surface area contributed by atoms with Crippen molar-refractivity contribution in [3.8, 4) is 5.75 Å². The molecule has 0 spiro atoms. The third kappa shape index (κ3) is 3.77. The van der Waals surface area contributed by atoms with Crippen molar-refractivity contribution in [2.24, 2.45) is 0 Å². The molecule has 0 saturated carbocycles. The highest BCUT2D eigenvalue weighted by Gasteiger charge is 2.20. The van der Waals surface area contributed by atoms with E-state index in [-0.39, 0.29) is 18.0 Å². The van der Waals surface area contributed by atoms with Crippen LogP contribution in [0, 0.1) is 0 Å². The predicted octanol–water partition coefficient (Wildman–Crippen LogP) is 3.14. The van der Waals surface area contributed by atoms with Gasteiger partial charge in [-0.2, -0.15) is 0 Å². The SMILES string of the molecule is CCOC(=O)C(C)c1ccccc1OC(C)C. The zero-order valence-electron chi connectivity index (χ0n) is 10.9. The Morgan fingerprint density at radius 2 is 1.88 bits per heavy atom. The summed E-state index contributed by atoms with van der Waals surface area (Å²) in [6.45, 7) is 7.97. The van der Waals surface area contributed by atoms with Gasteiger partial charge in [-0.05, 0) is 33.8 Å². The van der Waals surface area contributed by atoms with E-state index in [2.05, 4.69) is 0 Å². The molecule has 0 fully saturated rings. The van der Waals surface area contributed by atoms with E-state index in [1.54, 1.807) is 6.92 Å². The maximum atomic E-state index is 11.7. The highest BCUT2D eigenvalue weighted by Crippen LogP contribution is 2.28. The van der Waals surface area contributed by atoms with Gasteiger partial charge in [0.05, 0.1) is 18.6 Å². The number of para-hydroxylation sites is 1. The zero-order chi connectivity index (χ0) is 12.8. The van der Waals surface area contributed by atoms with Gasteiger partial charge in [-0.1, -0.05) is 18.2 Å². The average molecular weight is 236 g/mol. The summed E-state index contributed by atoms with van der Waals surface area (Å²) < 4.78 is 10.7. The van der Waals surface area contributed by atoms with Crippen molar-refractivity contribution in [2.45, 2.75) is 39.7 Å². The van der Waals surface area contributed by atoms with Crippen LogP contribution in [-0.4, -0.2) is 18.7 Å². The minimum Gasteiger partial charge on any atom is -0.491 e. The molecule has 1 aromatic rings. The highest BCUT2D eigenvalue weighted by atomic mass is 16.5. The molecule has 0 amide bonds. The smallest absolute Gasteiger partial charge is 0.313 e. The summed E-state index contributed by atoms with van der Waals surface area (Å²) in [5.41, 5.74) is 0.875. The van der Waals surface area contributed by atoms with E-state index in [0.717, 1.165) is 11.3 Å². The Labute approximate surface area is 103 Å². The molecule has 0 N–H and O–H groups in total. The van der Waals surface area contributed by atoms with E-state index in [1.807, 2.05) is 45.0 Å². The summed E-state index contributed by atoms with van der Waals surface area (Å²) >= 11 is 0. The first-order valence-electron chi connectivity index (χ1n) is 5.98. The number of benzene rings is 1. The molecule has 17 heavy (non-hydrogen) atoms. The van der Waals surface area contributed by atoms with Crippen LogP contribution in [0.5, 0.6) is 5.75 Å². The summed E-state index contributed by atoms with van der Waals surface area (Å²) in [6, 6.07) is 7.59. The van der Waals surface area contributed by atoms with Gasteiger partial charge in [0.25, 0.3) is 0 Å². The fourth-order valence-electron chi connectivity index (χ4n) is 1.59. The Morgan fingerprint density at radius 1 is 1.24 bits per heavy atom. The van der Waals surface area contributed by atoms with Crippen LogP contribution in [0.4, 0.5) is 0 Å². The third-order valence-corrected chi connectivity index (χ3v) is 2.39. The van der Waals surface area contributed by atoms with Gasteiger partial charge in [-0.15, -0.1) is 0 Å². The maximum absolute atomic E-state index is 11.7. The van der Waals surface area contributed by atoms with Gasteiger partial charge in [0.1, 0.15) is 5.75 Å². The largest absolute Gasteiger partial charge is 0.491 e. The fourth-order valence-corrected chi connectivity index (χ4v) is 1.59. The first-order valence-corrected chi connectivity index (χ1v) is 5.98. The molecular weight excluding hydrogens is 216 g/mol. The summed E-state index contributed by atoms with van der Waals surface area (Å²) in [5.74, 6) is 0.236. The normalized spacial score (nSPS) is 12.3. The van der Waals surface area contributed by atoms with Crippen LogP contribution in [0.15, 0.2) is 24.3 Å². The summed E-state index contributed by atoms with van der Waals surface area (Å²) in [6.07, 6.45) is 0.0885. The number of ether oxygens (including phenoxy) is 2. The minimum atomic E-state index is -0.301. The van der Waals surface area contributed by atoms with Crippen molar-refractivity contribution >= 4 is 5.97 Å². The summed E-state index contributed by atoms with van der Waals surface area (Å²) in [7, 11) is 0. The number of hydrogen-bond acceptors (Lipinski definition) is 3. The van der Waals surface area contributed by atoms with Crippen LogP contribution in [-0.2, 0) is 9.53 Å². The van der Waals surface area contributed by atoms with Gasteiger partial charge in [0, 0.05) is 5.56 Å². The van der Waals surface area contributed by atoms with E-state index in [1.165, 1.54) is 0 Å². The molecule has 0 aliphatic rings. The Kier molecular flexibility index (Phi) is 5.01. The molecule has 3 heteroatoms.